The molecular formula is C11H23NO4S. The minimum absolute atomic E-state index is 0.00298. The predicted octanol–water partition coefficient (Wildman–Crippen LogP) is 0.551. The molecule has 0 aliphatic carbocycles. The fraction of sp³-hybridized carbons (Fsp3) is 1.00. The molecule has 1 rings (SSSR count). The van der Waals surface area contributed by atoms with Crippen molar-refractivity contribution in [2.24, 2.45) is 0 Å². The Labute approximate surface area is 104 Å². The second kappa shape index (κ2) is 5.65. The highest BCUT2D eigenvalue weighted by atomic mass is 32.2. The van der Waals surface area contributed by atoms with Gasteiger partial charge in [-0.15, -0.1) is 0 Å². The van der Waals surface area contributed by atoms with Crippen molar-refractivity contribution in [3.05, 3.63) is 0 Å². The van der Waals surface area contributed by atoms with E-state index >= 15 is 0 Å². The minimum atomic E-state index is -2.92. The van der Waals surface area contributed by atoms with Crippen molar-refractivity contribution in [2.45, 2.75) is 45.6 Å². The van der Waals surface area contributed by atoms with Gasteiger partial charge in [0.1, 0.15) is 0 Å². The van der Waals surface area contributed by atoms with Crippen molar-refractivity contribution < 1.29 is 17.9 Å². The Morgan fingerprint density at radius 1 is 1.47 bits per heavy atom. The average molecular weight is 265 g/mol. The van der Waals surface area contributed by atoms with Crippen LogP contribution in [0.5, 0.6) is 0 Å². The molecule has 0 radical (unpaired) electrons. The maximum Gasteiger partial charge on any atom is 0.163 e. The minimum Gasteiger partial charge on any atom is -0.348 e. The third-order valence-corrected chi connectivity index (χ3v) is 4.59. The third-order valence-electron chi connectivity index (χ3n) is 2.71. The van der Waals surface area contributed by atoms with E-state index in [2.05, 4.69) is 5.32 Å². The summed E-state index contributed by atoms with van der Waals surface area (Å²) in [5.74, 6) is -0.166. The molecule has 1 aliphatic heterocycles. The van der Waals surface area contributed by atoms with Gasteiger partial charge in [0.15, 0.2) is 15.6 Å². The van der Waals surface area contributed by atoms with Gasteiger partial charge in [-0.3, -0.25) is 0 Å². The predicted molar refractivity (Wildman–Crippen MR) is 66.7 cm³/mol. The average Bonchev–Trinajstić information content (AvgIpc) is 2.55. The van der Waals surface area contributed by atoms with Crippen LogP contribution in [-0.4, -0.2) is 51.0 Å². The highest BCUT2D eigenvalue weighted by molar-refractivity contribution is 7.91. The Kier molecular flexibility index (Phi) is 4.95. The molecule has 1 saturated heterocycles. The molecule has 0 spiro atoms. The highest BCUT2D eigenvalue weighted by Gasteiger charge is 2.32. The van der Waals surface area contributed by atoms with Gasteiger partial charge in [0, 0.05) is 18.3 Å². The first-order valence-electron chi connectivity index (χ1n) is 5.99. The SMILES string of the molecule is CCS(=O)(=O)CC(C)NCC1COC(C)(C)O1. The molecular weight excluding hydrogens is 242 g/mol. The van der Waals surface area contributed by atoms with E-state index in [4.69, 9.17) is 9.47 Å². The van der Waals surface area contributed by atoms with Crippen molar-refractivity contribution in [2.75, 3.05) is 24.7 Å². The maximum atomic E-state index is 11.4. The summed E-state index contributed by atoms with van der Waals surface area (Å²) in [6.07, 6.45) is -0.00298. The molecule has 0 amide bonds. The van der Waals surface area contributed by atoms with E-state index in [1.807, 2.05) is 20.8 Å². The largest absolute Gasteiger partial charge is 0.348 e. The standard InChI is InChI=1S/C11H23NO4S/c1-5-17(13,14)8-9(2)12-6-10-7-15-11(3,4)16-10/h9-10,12H,5-8H2,1-4H3. The number of hydrogen-bond acceptors (Lipinski definition) is 5. The molecule has 2 atom stereocenters. The number of nitrogens with one attached hydrogen (secondary N) is 1. The van der Waals surface area contributed by atoms with Gasteiger partial charge in [-0.05, 0) is 20.8 Å². The summed E-state index contributed by atoms with van der Waals surface area (Å²) in [6.45, 7) is 8.44. The lowest BCUT2D eigenvalue weighted by molar-refractivity contribution is -0.137. The fourth-order valence-corrected chi connectivity index (χ4v) is 2.87. The second-order valence-electron chi connectivity index (χ2n) is 4.96. The highest BCUT2D eigenvalue weighted by Crippen LogP contribution is 2.21. The molecule has 17 heavy (non-hydrogen) atoms. The van der Waals surface area contributed by atoms with Crippen LogP contribution in [0.2, 0.25) is 0 Å². The lowest BCUT2D eigenvalue weighted by Crippen LogP contribution is -2.39. The smallest absolute Gasteiger partial charge is 0.163 e. The first-order chi connectivity index (χ1) is 7.74. The van der Waals surface area contributed by atoms with Gasteiger partial charge in [-0.2, -0.15) is 0 Å². The summed E-state index contributed by atoms with van der Waals surface area (Å²) in [5, 5.41) is 3.17. The molecule has 6 heteroatoms. The summed E-state index contributed by atoms with van der Waals surface area (Å²) in [7, 11) is -2.92. The van der Waals surface area contributed by atoms with Crippen LogP contribution in [0.1, 0.15) is 27.7 Å². The Hall–Kier alpha value is -0.170. The van der Waals surface area contributed by atoms with E-state index < -0.39 is 15.6 Å². The van der Waals surface area contributed by atoms with E-state index in [-0.39, 0.29) is 23.7 Å². The van der Waals surface area contributed by atoms with Crippen LogP contribution in [-0.2, 0) is 19.3 Å². The maximum absolute atomic E-state index is 11.4. The molecule has 5 nitrogen and oxygen atoms in total. The Balaban J connectivity index is 2.28. The van der Waals surface area contributed by atoms with Crippen molar-refractivity contribution >= 4 is 9.84 Å². The lowest BCUT2D eigenvalue weighted by Gasteiger charge is -2.19. The van der Waals surface area contributed by atoms with Gasteiger partial charge in [0.05, 0.1) is 18.5 Å². The van der Waals surface area contributed by atoms with Crippen LogP contribution < -0.4 is 5.32 Å². The second-order valence-corrected chi connectivity index (χ2v) is 7.36. The summed E-state index contributed by atoms with van der Waals surface area (Å²) in [6, 6.07) is -0.0627. The van der Waals surface area contributed by atoms with E-state index in [9.17, 15) is 8.42 Å². The van der Waals surface area contributed by atoms with Crippen molar-refractivity contribution in [1.29, 1.82) is 0 Å². The van der Waals surface area contributed by atoms with Crippen LogP contribution in [0, 0.1) is 0 Å². The van der Waals surface area contributed by atoms with Gasteiger partial charge < -0.3 is 14.8 Å². The molecule has 0 aromatic rings. The topological polar surface area (TPSA) is 64.6 Å². The number of hydrogen-bond donors (Lipinski definition) is 1. The number of sulfone groups is 1. The van der Waals surface area contributed by atoms with E-state index in [1.54, 1.807) is 6.92 Å². The van der Waals surface area contributed by atoms with Crippen LogP contribution in [0.25, 0.3) is 0 Å². The molecule has 0 saturated carbocycles. The molecule has 2 unspecified atom stereocenters. The Morgan fingerprint density at radius 2 is 2.12 bits per heavy atom. The molecule has 1 N–H and O–H groups in total. The van der Waals surface area contributed by atoms with Crippen molar-refractivity contribution in [3.63, 3.8) is 0 Å². The van der Waals surface area contributed by atoms with Gasteiger partial charge >= 0.3 is 0 Å². The van der Waals surface area contributed by atoms with Gasteiger partial charge in [-0.1, -0.05) is 6.92 Å². The monoisotopic (exact) mass is 265 g/mol. The van der Waals surface area contributed by atoms with Crippen molar-refractivity contribution in [3.8, 4) is 0 Å². The summed E-state index contributed by atoms with van der Waals surface area (Å²) in [5.41, 5.74) is 0. The zero-order valence-corrected chi connectivity index (χ0v) is 11.8. The number of rotatable bonds is 6. The molecule has 102 valence electrons. The Bertz CT molecular complexity index is 339. The summed E-state index contributed by atoms with van der Waals surface area (Å²) >= 11 is 0. The zero-order chi connectivity index (χ0) is 13.1. The van der Waals surface area contributed by atoms with Crippen LogP contribution in [0.4, 0.5) is 0 Å². The van der Waals surface area contributed by atoms with E-state index in [0.717, 1.165) is 0 Å². The number of ether oxygens (including phenoxy) is 2. The first-order valence-corrected chi connectivity index (χ1v) is 7.82. The van der Waals surface area contributed by atoms with Crippen LogP contribution in [0.15, 0.2) is 0 Å². The van der Waals surface area contributed by atoms with E-state index in [1.165, 1.54) is 0 Å². The van der Waals surface area contributed by atoms with Crippen molar-refractivity contribution in [1.82, 2.24) is 5.32 Å². The molecule has 0 aromatic carbocycles. The van der Waals surface area contributed by atoms with Crippen LogP contribution in [0.3, 0.4) is 0 Å². The molecule has 0 aromatic heterocycles. The van der Waals surface area contributed by atoms with Crippen LogP contribution >= 0.6 is 0 Å². The quantitative estimate of drug-likeness (QED) is 0.760. The fourth-order valence-electron chi connectivity index (χ4n) is 1.75. The lowest BCUT2D eigenvalue weighted by atomic mass is 10.3. The molecule has 1 heterocycles. The summed E-state index contributed by atoms with van der Waals surface area (Å²) < 4.78 is 33.9. The zero-order valence-electron chi connectivity index (χ0n) is 11.0. The third kappa shape index (κ3) is 5.33. The first kappa shape index (κ1) is 14.9. The van der Waals surface area contributed by atoms with Gasteiger partial charge in [-0.25, -0.2) is 8.42 Å². The van der Waals surface area contributed by atoms with E-state index in [0.29, 0.717) is 13.2 Å². The van der Waals surface area contributed by atoms with Gasteiger partial charge in [0.25, 0.3) is 0 Å². The molecule has 0 bridgehead atoms. The molecule has 1 fully saturated rings. The normalized spacial score (nSPS) is 26.0. The summed E-state index contributed by atoms with van der Waals surface area (Å²) in [4.78, 5) is 0. The Morgan fingerprint density at radius 3 is 2.59 bits per heavy atom. The molecule has 1 aliphatic rings. The van der Waals surface area contributed by atoms with Gasteiger partial charge in [0.2, 0.25) is 0 Å².